The zero-order valence-corrected chi connectivity index (χ0v) is 17.3. The maximum Gasteiger partial charge on any atom is 0.252 e. The summed E-state index contributed by atoms with van der Waals surface area (Å²) in [6.07, 6.45) is 1.49. The number of anilines is 2. The summed E-state index contributed by atoms with van der Waals surface area (Å²) in [5.41, 5.74) is 10.7. The lowest BCUT2D eigenvalue weighted by Gasteiger charge is -2.14. The molecule has 0 spiro atoms. The summed E-state index contributed by atoms with van der Waals surface area (Å²) >= 11 is 5.96. The number of benzene rings is 2. The van der Waals surface area contributed by atoms with Gasteiger partial charge in [0, 0.05) is 27.9 Å². The molecule has 0 saturated heterocycles. The number of carbonyl (C=O) groups excluding carboxylic acids is 1. The molecule has 2 aromatic heterocycles. The van der Waals surface area contributed by atoms with Crippen molar-refractivity contribution in [1.82, 2.24) is 10.1 Å². The van der Waals surface area contributed by atoms with Crippen molar-refractivity contribution in [1.29, 1.82) is 0 Å². The number of hydrogen-bond donors (Lipinski definition) is 2. The van der Waals surface area contributed by atoms with E-state index in [2.05, 4.69) is 15.5 Å². The molecule has 3 N–H and O–H groups in total. The second kappa shape index (κ2) is 8.11. The van der Waals surface area contributed by atoms with Crippen LogP contribution in [0.15, 0.2) is 53.2 Å². The van der Waals surface area contributed by atoms with Crippen LogP contribution in [-0.2, 0) is 0 Å². The fourth-order valence-corrected chi connectivity index (χ4v) is 3.37. The maximum absolute atomic E-state index is 12.0. The van der Waals surface area contributed by atoms with E-state index in [1.165, 1.54) is 6.20 Å². The first kappa shape index (κ1) is 20.6. The van der Waals surface area contributed by atoms with Gasteiger partial charge in [-0.05, 0) is 49.7 Å². The SMILES string of the molecule is Cc1noc(C)c1-c1ccc2c(Nc3ccc(Cl)cc3)c(C(N)=O)cnc2c1.Cl. The van der Waals surface area contributed by atoms with Crippen molar-refractivity contribution in [3.8, 4) is 11.1 Å². The highest BCUT2D eigenvalue weighted by Gasteiger charge is 2.16. The van der Waals surface area contributed by atoms with E-state index in [9.17, 15) is 4.79 Å². The summed E-state index contributed by atoms with van der Waals surface area (Å²) in [4.78, 5) is 16.4. The summed E-state index contributed by atoms with van der Waals surface area (Å²) < 4.78 is 5.27. The van der Waals surface area contributed by atoms with Crippen molar-refractivity contribution < 1.29 is 9.32 Å². The topological polar surface area (TPSA) is 94.0 Å². The van der Waals surface area contributed by atoms with E-state index in [-0.39, 0.29) is 12.4 Å². The molecule has 0 bridgehead atoms. The molecule has 4 aromatic rings. The molecule has 0 radical (unpaired) electrons. The van der Waals surface area contributed by atoms with E-state index >= 15 is 0 Å². The molecule has 0 aliphatic heterocycles. The number of aryl methyl sites for hydroxylation is 2. The van der Waals surface area contributed by atoms with Crippen LogP contribution in [-0.4, -0.2) is 16.0 Å². The summed E-state index contributed by atoms with van der Waals surface area (Å²) in [6.45, 7) is 3.77. The first-order valence-electron chi connectivity index (χ1n) is 8.62. The number of fused-ring (bicyclic) bond motifs is 1. The minimum Gasteiger partial charge on any atom is -0.365 e. The highest BCUT2D eigenvalue weighted by atomic mass is 35.5. The van der Waals surface area contributed by atoms with Gasteiger partial charge in [0.1, 0.15) is 5.76 Å². The third-order valence-corrected chi connectivity index (χ3v) is 4.82. The van der Waals surface area contributed by atoms with Crippen molar-refractivity contribution in [2.24, 2.45) is 5.73 Å². The van der Waals surface area contributed by atoms with E-state index in [4.69, 9.17) is 21.9 Å². The zero-order valence-electron chi connectivity index (χ0n) is 15.7. The van der Waals surface area contributed by atoms with Crippen molar-refractivity contribution in [2.45, 2.75) is 13.8 Å². The second-order valence-electron chi connectivity index (χ2n) is 6.47. The molecule has 0 atom stereocenters. The number of halogens is 2. The first-order valence-corrected chi connectivity index (χ1v) is 9.00. The standard InChI is InChI=1S/C21H17ClN4O2.ClH/c1-11-19(12(2)28-26-11)13-3-8-16-18(9-13)24-10-17(21(23)27)20(16)25-15-6-4-14(22)5-7-15;/h3-10H,1-2H3,(H2,23,27)(H,24,25);1H. The lowest BCUT2D eigenvalue weighted by molar-refractivity contribution is 0.100. The number of pyridine rings is 1. The van der Waals surface area contributed by atoms with Gasteiger partial charge in [-0.25, -0.2) is 0 Å². The van der Waals surface area contributed by atoms with E-state index in [1.807, 2.05) is 44.2 Å². The number of nitrogens with zero attached hydrogens (tertiary/aromatic N) is 2. The third-order valence-electron chi connectivity index (χ3n) is 4.57. The van der Waals surface area contributed by atoms with Crippen LogP contribution in [0.4, 0.5) is 11.4 Å². The average molecular weight is 429 g/mol. The molecule has 4 rings (SSSR count). The molecule has 148 valence electrons. The van der Waals surface area contributed by atoms with E-state index in [0.717, 1.165) is 39.2 Å². The Kier molecular flexibility index (Phi) is 5.77. The predicted octanol–water partition coefficient (Wildman–Crippen LogP) is 5.42. The van der Waals surface area contributed by atoms with E-state index < -0.39 is 5.91 Å². The maximum atomic E-state index is 12.0. The fraction of sp³-hybridized carbons (Fsp3) is 0.0952. The lowest BCUT2D eigenvalue weighted by Crippen LogP contribution is -2.14. The minimum absolute atomic E-state index is 0. The predicted molar refractivity (Wildman–Crippen MR) is 117 cm³/mol. The second-order valence-corrected chi connectivity index (χ2v) is 6.91. The molecule has 29 heavy (non-hydrogen) atoms. The highest BCUT2D eigenvalue weighted by Crippen LogP contribution is 2.34. The Labute approximate surface area is 178 Å². The third kappa shape index (κ3) is 3.90. The number of hydrogen-bond acceptors (Lipinski definition) is 5. The zero-order chi connectivity index (χ0) is 19.8. The van der Waals surface area contributed by atoms with Gasteiger partial charge < -0.3 is 15.6 Å². The molecule has 2 aromatic carbocycles. The van der Waals surface area contributed by atoms with Crippen LogP contribution in [0.1, 0.15) is 21.8 Å². The quantitative estimate of drug-likeness (QED) is 0.452. The van der Waals surface area contributed by atoms with Crippen LogP contribution in [0.2, 0.25) is 5.02 Å². The number of nitrogens with two attached hydrogens (primary N) is 1. The largest absolute Gasteiger partial charge is 0.365 e. The Hall–Kier alpha value is -3.09. The van der Waals surface area contributed by atoms with Gasteiger partial charge in [-0.3, -0.25) is 9.78 Å². The Bertz CT molecular complexity index is 1180. The van der Waals surface area contributed by atoms with Crippen molar-refractivity contribution in [3.63, 3.8) is 0 Å². The van der Waals surface area contributed by atoms with Crippen LogP contribution in [0.3, 0.4) is 0 Å². The van der Waals surface area contributed by atoms with Gasteiger partial charge in [-0.2, -0.15) is 0 Å². The summed E-state index contributed by atoms with van der Waals surface area (Å²) in [7, 11) is 0. The monoisotopic (exact) mass is 428 g/mol. The molecule has 0 aliphatic carbocycles. The Morgan fingerprint density at radius 2 is 1.86 bits per heavy atom. The number of nitrogens with one attached hydrogen (secondary N) is 1. The number of aromatic nitrogens is 2. The number of primary amides is 1. The summed E-state index contributed by atoms with van der Waals surface area (Å²) in [6, 6.07) is 13.0. The Morgan fingerprint density at radius 1 is 1.14 bits per heavy atom. The molecular weight excluding hydrogens is 411 g/mol. The summed E-state index contributed by atoms with van der Waals surface area (Å²) in [5.74, 6) is 0.186. The van der Waals surface area contributed by atoms with Crippen molar-refractivity contribution >= 4 is 52.2 Å². The molecular formula is C21H18Cl2N4O2. The molecule has 0 aliphatic rings. The van der Waals surface area contributed by atoms with Crippen molar-refractivity contribution in [3.05, 3.63) is 70.7 Å². The normalized spacial score (nSPS) is 10.6. The van der Waals surface area contributed by atoms with Gasteiger partial charge >= 0.3 is 0 Å². The van der Waals surface area contributed by atoms with Gasteiger partial charge in [0.05, 0.1) is 22.5 Å². The molecule has 1 amide bonds. The Morgan fingerprint density at radius 3 is 2.48 bits per heavy atom. The van der Waals surface area contributed by atoms with Crippen LogP contribution < -0.4 is 11.1 Å². The fourth-order valence-electron chi connectivity index (χ4n) is 3.24. The van der Waals surface area contributed by atoms with Gasteiger partial charge in [0.25, 0.3) is 5.91 Å². The molecule has 0 fully saturated rings. The summed E-state index contributed by atoms with van der Waals surface area (Å²) in [5, 5.41) is 8.69. The molecule has 2 heterocycles. The number of carbonyl (C=O) groups is 1. The Balaban J connectivity index is 0.00000240. The van der Waals surface area contributed by atoms with E-state index in [1.54, 1.807) is 12.1 Å². The van der Waals surface area contributed by atoms with Crippen LogP contribution >= 0.6 is 24.0 Å². The smallest absolute Gasteiger partial charge is 0.252 e. The average Bonchev–Trinajstić information content (AvgIpc) is 3.01. The van der Waals surface area contributed by atoms with Crippen LogP contribution in [0, 0.1) is 13.8 Å². The number of rotatable bonds is 4. The molecule has 0 unspecified atom stereocenters. The highest BCUT2D eigenvalue weighted by molar-refractivity contribution is 6.30. The molecule has 0 saturated carbocycles. The van der Waals surface area contributed by atoms with Gasteiger partial charge in [-0.15, -0.1) is 12.4 Å². The van der Waals surface area contributed by atoms with E-state index in [0.29, 0.717) is 16.3 Å². The van der Waals surface area contributed by atoms with Gasteiger partial charge in [-0.1, -0.05) is 28.9 Å². The first-order chi connectivity index (χ1) is 13.4. The molecule has 6 nitrogen and oxygen atoms in total. The molecule has 8 heteroatoms. The lowest BCUT2D eigenvalue weighted by atomic mass is 10.0. The minimum atomic E-state index is -0.555. The van der Waals surface area contributed by atoms with Crippen LogP contribution in [0.25, 0.3) is 22.0 Å². The number of amides is 1. The van der Waals surface area contributed by atoms with Crippen LogP contribution in [0.5, 0.6) is 0 Å². The van der Waals surface area contributed by atoms with Crippen molar-refractivity contribution in [2.75, 3.05) is 5.32 Å². The van der Waals surface area contributed by atoms with Gasteiger partial charge in [0.2, 0.25) is 0 Å². The van der Waals surface area contributed by atoms with Gasteiger partial charge in [0.15, 0.2) is 0 Å².